The molecule has 0 spiro atoms. The van der Waals surface area contributed by atoms with Crippen molar-refractivity contribution in [2.75, 3.05) is 19.9 Å². The van der Waals surface area contributed by atoms with Crippen molar-refractivity contribution in [3.63, 3.8) is 0 Å². The summed E-state index contributed by atoms with van der Waals surface area (Å²) >= 11 is 0. The van der Waals surface area contributed by atoms with Crippen LogP contribution in [0.5, 0.6) is 0 Å². The van der Waals surface area contributed by atoms with Crippen molar-refractivity contribution in [2.45, 2.75) is 56.8 Å². The summed E-state index contributed by atoms with van der Waals surface area (Å²) in [6, 6.07) is 7.50. The molecule has 0 unspecified atom stereocenters. The highest BCUT2D eigenvalue weighted by molar-refractivity contribution is 7.85. The molecule has 0 aliphatic carbocycles. The molecule has 5 nitrogen and oxygen atoms in total. The van der Waals surface area contributed by atoms with Crippen LogP contribution < -0.4 is 0 Å². The van der Waals surface area contributed by atoms with Crippen molar-refractivity contribution in [3.05, 3.63) is 29.8 Å². The number of hydrogen-bond donors (Lipinski definition) is 0. The Bertz CT molecular complexity index is 610. The molecule has 1 rings (SSSR count). The van der Waals surface area contributed by atoms with Gasteiger partial charge in [0.05, 0.1) is 23.7 Å². The normalized spacial score (nSPS) is 14.9. The van der Waals surface area contributed by atoms with Crippen LogP contribution in [-0.2, 0) is 24.9 Å². The second-order valence-electron chi connectivity index (χ2n) is 7.71. The molecule has 25 heavy (non-hydrogen) atoms. The molecule has 1 amide bonds. The number of hydrogen-bond acceptors (Lipinski definition) is 4. The van der Waals surface area contributed by atoms with E-state index in [1.165, 1.54) is 7.11 Å². The van der Waals surface area contributed by atoms with E-state index >= 15 is 0 Å². The Hall–Kier alpha value is -1.02. The second-order valence-corrected chi connectivity index (χ2v) is 14.0. The molecule has 0 fully saturated rings. The first-order chi connectivity index (χ1) is 11.4. The van der Waals surface area contributed by atoms with Crippen LogP contribution in [0.25, 0.3) is 0 Å². The predicted molar refractivity (Wildman–Crippen MR) is 104 cm³/mol. The van der Waals surface area contributed by atoms with E-state index in [0.29, 0.717) is 4.90 Å². The Morgan fingerprint density at radius 2 is 1.76 bits per heavy atom. The Morgan fingerprint density at radius 3 is 2.20 bits per heavy atom. The molecule has 0 saturated heterocycles. The number of amides is 1. The van der Waals surface area contributed by atoms with E-state index in [1.54, 1.807) is 7.05 Å². The largest absolute Gasteiger partial charge is 0.404 e. The van der Waals surface area contributed by atoms with Gasteiger partial charge >= 0.3 is 0 Å². The minimum absolute atomic E-state index is 0.0531. The zero-order valence-corrected chi connectivity index (χ0v) is 18.4. The number of rotatable bonds is 7. The van der Waals surface area contributed by atoms with Crippen LogP contribution in [0.15, 0.2) is 29.2 Å². The summed E-state index contributed by atoms with van der Waals surface area (Å²) in [5.41, 5.74) is 1.10. The highest BCUT2D eigenvalue weighted by Crippen LogP contribution is 2.37. The van der Waals surface area contributed by atoms with Gasteiger partial charge in [0.1, 0.15) is 6.10 Å². The second kappa shape index (κ2) is 8.57. The average Bonchev–Trinajstić information content (AvgIpc) is 2.52. The van der Waals surface area contributed by atoms with Gasteiger partial charge in [-0.1, -0.05) is 38.5 Å². The number of carbonyl (C=O) groups is 1. The molecule has 0 aliphatic rings. The maximum Gasteiger partial charge on any atom is 0.274 e. The van der Waals surface area contributed by atoms with Crippen molar-refractivity contribution in [3.8, 4) is 0 Å². The van der Waals surface area contributed by atoms with E-state index in [0.717, 1.165) is 10.6 Å². The third-order valence-corrected chi connectivity index (χ3v) is 10.6. The van der Waals surface area contributed by atoms with Gasteiger partial charge in [0, 0.05) is 11.9 Å². The molecule has 0 saturated carbocycles. The highest BCUT2D eigenvalue weighted by atomic mass is 32.2. The molecule has 1 aromatic carbocycles. The predicted octanol–water partition coefficient (Wildman–Crippen LogP) is 3.51. The molecule has 1 aromatic rings. The fourth-order valence-electron chi connectivity index (χ4n) is 1.90. The summed E-state index contributed by atoms with van der Waals surface area (Å²) in [6.07, 6.45) is -0.798. The van der Waals surface area contributed by atoms with Crippen molar-refractivity contribution >= 4 is 25.0 Å². The summed E-state index contributed by atoms with van der Waals surface area (Å²) in [7, 11) is -0.562. The molecular formula is C18H31NO4SSi. The molecule has 7 heteroatoms. The first kappa shape index (κ1) is 22.0. The van der Waals surface area contributed by atoms with E-state index in [9.17, 15) is 9.00 Å². The molecule has 2 atom stereocenters. The van der Waals surface area contributed by atoms with Gasteiger partial charge in [-0.3, -0.25) is 13.8 Å². The lowest BCUT2D eigenvalue weighted by molar-refractivity contribution is -0.175. The quantitative estimate of drug-likeness (QED) is 0.532. The maximum absolute atomic E-state index is 12.8. The van der Waals surface area contributed by atoms with Crippen molar-refractivity contribution in [1.82, 2.24) is 5.06 Å². The monoisotopic (exact) mass is 385 g/mol. The summed E-state index contributed by atoms with van der Waals surface area (Å²) in [5.74, 6) is -0.199. The Labute approximate surface area is 155 Å². The Morgan fingerprint density at radius 1 is 1.24 bits per heavy atom. The summed E-state index contributed by atoms with van der Waals surface area (Å²) < 4.78 is 19.0. The van der Waals surface area contributed by atoms with Gasteiger partial charge in [-0.25, -0.2) is 5.06 Å². The van der Waals surface area contributed by atoms with Gasteiger partial charge < -0.3 is 4.43 Å². The van der Waals surface area contributed by atoms with Gasteiger partial charge in [0.15, 0.2) is 8.32 Å². The van der Waals surface area contributed by atoms with Crippen LogP contribution >= 0.6 is 0 Å². The lowest BCUT2D eigenvalue weighted by Gasteiger charge is -2.39. The first-order valence-corrected chi connectivity index (χ1v) is 12.6. The van der Waals surface area contributed by atoms with Crippen LogP contribution in [0.4, 0.5) is 0 Å². The fourth-order valence-corrected chi connectivity index (χ4v) is 4.39. The maximum atomic E-state index is 12.8. The fraction of sp³-hybridized carbons (Fsp3) is 0.611. The van der Waals surface area contributed by atoms with E-state index < -0.39 is 25.2 Å². The Kier molecular flexibility index (Phi) is 7.55. The van der Waals surface area contributed by atoms with E-state index in [-0.39, 0.29) is 16.7 Å². The van der Waals surface area contributed by atoms with Crippen LogP contribution in [0, 0.1) is 6.92 Å². The van der Waals surface area contributed by atoms with Crippen LogP contribution in [0.2, 0.25) is 18.1 Å². The standard InChI is InChI=1S/C18H31NO4SSi/c1-14-9-11-15(12-10-14)24(21)13-16(17(20)19(5)22-6)23-25(7,8)18(2,3)4/h9-12,16H,13H2,1-8H3/t16-,24-/m1/s1. The highest BCUT2D eigenvalue weighted by Gasteiger charge is 2.41. The molecule has 0 radical (unpaired) electrons. The topological polar surface area (TPSA) is 55.8 Å². The number of hydroxylamine groups is 2. The van der Waals surface area contributed by atoms with E-state index in [4.69, 9.17) is 9.26 Å². The van der Waals surface area contributed by atoms with Crippen molar-refractivity contribution in [2.24, 2.45) is 0 Å². The lowest BCUT2D eigenvalue weighted by Crippen LogP contribution is -2.50. The number of nitrogens with zero attached hydrogens (tertiary/aromatic N) is 1. The minimum Gasteiger partial charge on any atom is -0.404 e. The van der Waals surface area contributed by atoms with Crippen molar-refractivity contribution in [1.29, 1.82) is 0 Å². The van der Waals surface area contributed by atoms with Crippen LogP contribution in [0.1, 0.15) is 26.3 Å². The van der Waals surface area contributed by atoms with Crippen molar-refractivity contribution < 1.29 is 18.3 Å². The number of aryl methyl sites for hydroxylation is 1. The molecule has 0 heterocycles. The van der Waals surface area contributed by atoms with Gasteiger partial charge in [-0.2, -0.15) is 0 Å². The zero-order valence-electron chi connectivity index (χ0n) is 16.6. The van der Waals surface area contributed by atoms with Crippen LogP contribution in [0.3, 0.4) is 0 Å². The van der Waals surface area contributed by atoms with Gasteiger partial charge in [0.25, 0.3) is 5.91 Å². The molecule has 0 N–H and O–H groups in total. The molecule has 0 aliphatic heterocycles. The number of carbonyl (C=O) groups excluding carboxylic acids is 1. The molecule has 0 aromatic heterocycles. The summed E-state index contributed by atoms with van der Waals surface area (Å²) in [5, 5.41) is 1.09. The van der Waals surface area contributed by atoms with E-state index in [1.807, 2.05) is 31.2 Å². The average molecular weight is 386 g/mol. The van der Waals surface area contributed by atoms with Crippen LogP contribution in [-0.4, -0.2) is 49.5 Å². The lowest BCUT2D eigenvalue weighted by atomic mass is 10.2. The van der Waals surface area contributed by atoms with Gasteiger partial charge in [-0.05, 0) is 37.2 Å². The third-order valence-electron chi connectivity index (χ3n) is 4.69. The van der Waals surface area contributed by atoms with Gasteiger partial charge in [0.2, 0.25) is 0 Å². The molecule has 142 valence electrons. The van der Waals surface area contributed by atoms with Gasteiger partial charge in [-0.15, -0.1) is 0 Å². The SMILES string of the molecule is CON(C)C(=O)[C@@H](C[S@@](=O)c1ccc(C)cc1)O[Si](C)(C)C(C)(C)C. The third kappa shape index (κ3) is 6.02. The Balaban J connectivity index is 3.04. The number of benzene rings is 1. The summed E-state index contributed by atoms with van der Waals surface area (Å²) in [4.78, 5) is 18.4. The first-order valence-electron chi connectivity index (χ1n) is 8.33. The minimum atomic E-state index is -2.20. The van der Waals surface area contributed by atoms with E-state index in [2.05, 4.69) is 33.9 Å². The number of likely N-dealkylation sites (N-methyl/N-ethyl adjacent to an activating group) is 1. The zero-order chi connectivity index (χ0) is 19.4. The summed E-state index contributed by atoms with van der Waals surface area (Å²) in [6.45, 7) is 12.5. The molecular weight excluding hydrogens is 354 g/mol. The molecule has 0 bridgehead atoms. The smallest absolute Gasteiger partial charge is 0.274 e.